The molecular weight excluding hydrogens is 240 g/mol. The maximum atomic E-state index is 11.9. The van der Waals surface area contributed by atoms with E-state index in [2.05, 4.69) is 12.2 Å². The fourth-order valence-electron chi connectivity index (χ4n) is 3.16. The SMILES string of the molecule is CC1(CNC(=O)CCC2CCC(N)CC2)CCCO1. The van der Waals surface area contributed by atoms with Crippen molar-refractivity contribution in [1.82, 2.24) is 5.32 Å². The number of nitrogens with two attached hydrogens (primary N) is 1. The van der Waals surface area contributed by atoms with Crippen molar-refractivity contribution in [2.24, 2.45) is 11.7 Å². The molecule has 1 aliphatic heterocycles. The summed E-state index contributed by atoms with van der Waals surface area (Å²) < 4.78 is 5.67. The van der Waals surface area contributed by atoms with Gasteiger partial charge in [-0.15, -0.1) is 0 Å². The second-order valence-corrected chi connectivity index (χ2v) is 6.50. The van der Waals surface area contributed by atoms with Crippen LogP contribution in [0.5, 0.6) is 0 Å². The smallest absolute Gasteiger partial charge is 0.220 e. The van der Waals surface area contributed by atoms with Crippen molar-refractivity contribution in [3.63, 3.8) is 0 Å². The molecule has 0 aromatic rings. The Morgan fingerprint density at radius 1 is 1.37 bits per heavy atom. The molecule has 1 amide bonds. The lowest BCUT2D eigenvalue weighted by molar-refractivity contribution is -0.122. The first kappa shape index (κ1) is 14.8. The van der Waals surface area contributed by atoms with E-state index in [-0.39, 0.29) is 11.5 Å². The van der Waals surface area contributed by atoms with Crippen molar-refractivity contribution in [3.05, 3.63) is 0 Å². The fraction of sp³-hybridized carbons (Fsp3) is 0.933. The first-order valence-electron chi connectivity index (χ1n) is 7.74. The lowest BCUT2D eigenvalue weighted by atomic mass is 9.84. The monoisotopic (exact) mass is 268 g/mol. The predicted octanol–water partition coefficient (Wildman–Crippen LogP) is 1.97. The Balaban J connectivity index is 1.59. The van der Waals surface area contributed by atoms with Gasteiger partial charge in [-0.2, -0.15) is 0 Å². The second-order valence-electron chi connectivity index (χ2n) is 6.50. The summed E-state index contributed by atoms with van der Waals surface area (Å²) in [6.07, 6.45) is 8.44. The first-order chi connectivity index (χ1) is 9.07. The molecule has 1 saturated carbocycles. The van der Waals surface area contributed by atoms with Crippen LogP contribution < -0.4 is 11.1 Å². The molecule has 3 N–H and O–H groups in total. The van der Waals surface area contributed by atoms with Crippen LogP contribution in [0.2, 0.25) is 0 Å². The van der Waals surface area contributed by atoms with Gasteiger partial charge in [0, 0.05) is 25.6 Å². The Kier molecular flexibility index (Phi) is 5.22. The van der Waals surface area contributed by atoms with Crippen LogP contribution in [-0.2, 0) is 9.53 Å². The molecule has 1 saturated heterocycles. The van der Waals surface area contributed by atoms with Crippen LogP contribution in [0.25, 0.3) is 0 Å². The molecule has 0 radical (unpaired) electrons. The second kappa shape index (κ2) is 6.71. The van der Waals surface area contributed by atoms with E-state index in [9.17, 15) is 4.79 Å². The van der Waals surface area contributed by atoms with Gasteiger partial charge in [0.25, 0.3) is 0 Å². The van der Waals surface area contributed by atoms with Gasteiger partial charge < -0.3 is 15.8 Å². The minimum Gasteiger partial charge on any atom is -0.373 e. The Labute approximate surface area is 116 Å². The van der Waals surface area contributed by atoms with Crippen LogP contribution in [0.4, 0.5) is 0 Å². The van der Waals surface area contributed by atoms with Crippen molar-refractivity contribution < 1.29 is 9.53 Å². The van der Waals surface area contributed by atoms with Gasteiger partial charge in [-0.3, -0.25) is 4.79 Å². The normalized spacial score (nSPS) is 35.3. The molecular formula is C15H28N2O2. The first-order valence-corrected chi connectivity index (χ1v) is 7.74. The van der Waals surface area contributed by atoms with Crippen LogP contribution in [0.3, 0.4) is 0 Å². The van der Waals surface area contributed by atoms with E-state index in [4.69, 9.17) is 10.5 Å². The van der Waals surface area contributed by atoms with Gasteiger partial charge in [0.1, 0.15) is 0 Å². The quantitative estimate of drug-likeness (QED) is 0.801. The molecule has 0 aromatic carbocycles. The van der Waals surface area contributed by atoms with Crippen LogP contribution in [0, 0.1) is 5.92 Å². The van der Waals surface area contributed by atoms with Crippen LogP contribution in [-0.4, -0.2) is 30.7 Å². The number of ether oxygens (including phenoxy) is 1. The molecule has 0 spiro atoms. The maximum absolute atomic E-state index is 11.9. The average Bonchev–Trinajstić information content (AvgIpc) is 2.83. The van der Waals surface area contributed by atoms with Gasteiger partial charge in [0.05, 0.1) is 5.60 Å². The van der Waals surface area contributed by atoms with Crippen LogP contribution in [0.1, 0.15) is 58.3 Å². The van der Waals surface area contributed by atoms with Crippen molar-refractivity contribution in [3.8, 4) is 0 Å². The zero-order chi connectivity index (χ0) is 13.7. The van der Waals surface area contributed by atoms with Gasteiger partial charge in [0.15, 0.2) is 0 Å². The summed E-state index contributed by atoms with van der Waals surface area (Å²) in [7, 11) is 0. The maximum Gasteiger partial charge on any atom is 0.220 e. The lowest BCUT2D eigenvalue weighted by Gasteiger charge is -2.26. The van der Waals surface area contributed by atoms with E-state index in [0.29, 0.717) is 24.9 Å². The zero-order valence-electron chi connectivity index (χ0n) is 12.1. The van der Waals surface area contributed by atoms with E-state index < -0.39 is 0 Å². The van der Waals surface area contributed by atoms with E-state index in [1.54, 1.807) is 0 Å². The molecule has 1 aliphatic carbocycles. The topological polar surface area (TPSA) is 64.4 Å². The van der Waals surface area contributed by atoms with Gasteiger partial charge in [-0.05, 0) is 57.8 Å². The fourth-order valence-corrected chi connectivity index (χ4v) is 3.16. The van der Waals surface area contributed by atoms with Crippen molar-refractivity contribution in [2.45, 2.75) is 69.9 Å². The highest BCUT2D eigenvalue weighted by Crippen LogP contribution is 2.27. The third-order valence-corrected chi connectivity index (χ3v) is 4.63. The number of amides is 1. The molecule has 4 heteroatoms. The van der Waals surface area contributed by atoms with E-state index >= 15 is 0 Å². The summed E-state index contributed by atoms with van der Waals surface area (Å²) in [5.74, 6) is 0.871. The van der Waals surface area contributed by atoms with Gasteiger partial charge in [0.2, 0.25) is 5.91 Å². The lowest BCUT2D eigenvalue weighted by Crippen LogP contribution is -2.40. The Hall–Kier alpha value is -0.610. The van der Waals surface area contributed by atoms with E-state index in [1.165, 1.54) is 12.8 Å². The average molecular weight is 268 g/mol. The van der Waals surface area contributed by atoms with Gasteiger partial charge in [-0.1, -0.05) is 0 Å². The van der Waals surface area contributed by atoms with Gasteiger partial charge >= 0.3 is 0 Å². The predicted molar refractivity (Wildman–Crippen MR) is 75.8 cm³/mol. The number of nitrogens with one attached hydrogen (secondary N) is 1. The molecule has 2 rings (SSSR count). The summed E-state index contributed by atoms with van der Waals surface area (Å²) >= 11 is 0. The molecule has 0 aromatic heterocycles. The van der Waals surface area contributed by atoms with Crippen LogP contribution >= 0.6 is 0 Å². The molecule has 1 atom stereocenters. The molecule has 19 heavy (non-hydrogen) atoms. The highest BCUT2D eigenvalue weighted by Gasteiger charge is 2.30. The minimum atomic E-state index is -0.132. The Morgan fingerprint density at radius 3 is 2.74 bits per heavy atom. The molecule has 110 valence electrons. The molecule has 2 fully saturated rings. The molecule has 1 unspecified atom stereocenters. The molecule has 2 aliphatic rings. The minimum absolute atomic E-state index is 0.132. The Morgan fingerprint density at radius 2 is 2.11 bits per heavy atom. The van der Waals surface area contributed by atoms with E-state index in [0.717, 1.165) is 38.7 Å². The number of carbonyl (C=O) groups excluding carboxylic acids is 1. The van der Waals surface area contributed by atoms with Crippen molar-refractivity contribution >= 4 is 5.91 Å². The van der Waals surface area contributed by atoms with Crippen molar-refractivity contribution in [2.75, 3.05) is 13.2 Å². The third kappa shape index (κ3) is 4.77. The summed E-state index contributed by atoms with van der Waals surface area (Å²) in [5.41, 5.74) is 5.76. The standard InChI is InChI=1S/C15H28N2O2/c1-15(9-2-10-19-15)11-17-14(18)8-5-12-3-6-13(16)7-4-12/h12-13H,2-11,16H2,1H3,(H,17,18). The van der Waals surface area contributed by atoms with E-state index in [1.807, 2.05) is 0 Å². The summed E-state index contributed by atoms with van der Waals surface area (Å²) in [4.78, 5) is 11.9. The summed E-state index contributed by atoms with van der Waals surface area (Å²) in [5, 5.41) is 3.02. The summed E-state index contributed by atoms with van der Waals surface area (Å²) in [6.45, 7) is 3.57. The number of hydrogen-bond donors (Lipinski definition) is 2. The number of carbonyl (C=O) groups is 1. The number of hydrogen-bond acceptors (Lipinski definition) is 3. The highest BCUT2D eigenvalue weighted by molar-refractivity contribution is 5.75. The molecule has 1 heterocycles. The number of rotatable bonds is 5. The van der Waals surface area contributed by atoms with Crippen LogP contribution in [0.15, 0.2) is 0 Å². The van der Waals surface area contributed by atoms with Crippen molar-refractivity contribution in [1.29, 1.82) is 0 Å². The highest BCUT2D eigenvalue weighted by atomic mass is 16.5. The van der Waals surface area contributed by atoms with Gasteiger partial charge in [-0.25, -0.2) is 0 Å². The molecule has 4 nitrogen and oxygen atoms in total. The third-order valence-electron chi connectivity index (χ3n) is 4.63. The summed E-state index contributed by atoms with van der Waals surface area (Å²) in [6, 6.07) is 0.393. The molecule has 0 bridgehead atoms. The zero-order valence-corrected chi connectivity index (χ0v) is 12.1. The largest absolute Gasteiger partial charge is 0.373 e. The Bertz CT molecular complexity index is 293.